The van der Waals surface area contributed by atoms with Gasteiger partial charge in [0.1, 0.15) is 17.0 Å². The van der Waals surface area contributed by atoms with E-state index in [0.29, 0.717) is 11.8 Å². The van der Waals surface area contributed by atoms with Gasteiger partial charge in [-0.05, 0) is 6.07 Å². The predicted molar refractivity (Wildman–Crippen MR) is 56.6 cm³/mol. The predicted octanol–water partition coefficient (Wildman–Crippen LogP) is 2.00. The molecule has 0 aliphatic rings. The van der Waals surface area contributed by atoms with Crippen LogP contribution < -0.4 is 0 Å². The number of carbonyl (C=O) groups excluding carboxylic acids is 1. The van der Waals surface area contributed by atoms with Gasteiger partial charge in [-0.1, -0.05) is 11.6 Å². The number of halogens is 1. The van der Waals surface area contributed by atoms with Gasteiger partial charge in [-0.3, -0.25) is 14.9 Å². The lowest BCUT2D eigenvalue weighted by Gasteiger charge is -2.01. The highest BCUT2D eigenvalue weighted by molar-refractivity contribution is 6.38. The Labute approximate surface area is 94.0 Å². The van der Waals surface area contributed by atoms with E-state index in [9.17, 15) is 14.9 Å². The van der Waals surface area contributed by atoms with Crippen LogP contribution in [-0.2, 0) is 0 Å². The van der Waals surface area contributed by atoms with Crippen LogP contribution in [-0.4, -0.2) is 21.2 Å². The molecule has 0 spiro atoms. The molecule has 0 amide bonds. The Balaban J connectivity index is 2.91. The second kappa shape index (κ2) is 3.82. The maximum absolute atomic E-state index is 10.7. The number of hydrogen-bond donors (Lipinski definition) is 0. The largest absolute Gasteiger partial charge is 0.296 e. The van der Waals surface area contributed by atoms with Gasteiger partial charge in [0.2, 0.25) is 0 Å². The van der Waals surface area contributed by atoms with Crippen LogP contribution in [0.5, 0.6) is 0 Å². The molecule has 1 aromatic heterocycles. The van der Waals surface area contributed by atoms with E-state index in [1.807, 2.05) is 0 Å². The van der Waals surface area contributed by atoms with Crippen LogP contribution >= 0.6 is 11.6 Å². The van der Waals surface area contributed by atoms with E-state index in [0.717, 1.165) is 0 Å². The van der Waals surface area contributed by atoms with Crippen molar-refractivity contribution in [2.75, 3.05) is 0 Å². The minimum absolute atomic E-state index is 0.0405. The molecule has 0 saturated heterocycles. The maximum Gasteiger partial charge on any atom is 0.288 e. The SMILES string of the molecule is O=Cc1ncnc2ccc([N+](=O)[O-])c(Cl)c12. The molecule has 16 heavy (non-hydrogen) atoms. The van der Waals surface area contributed by atoms with Crippen LogP contribution in [0.25, 0.3) is 10.9 Å². The fraction of sp³-hybridized carbons (Fsp3) is 0. The molecule has 0 saturated carbocycles. The fourth-order valence-corrected chi connectivity index (χ4v) is 1.68. The van der Waals surface area contributed by atoms with Gasteiger partial charge in [-0.15, -0.1) is 0 Å². The standard InChI is InChI=1S/C9H4ClN3O3/c10-9-7(13(15)16)2-1-5-8(9)6(3-14)12-4-11-5/h1-4H. The van der Waals surface area contributed by atoms with Crippen LogP contribution in [0.4, 0.5) is 5.69 Å². The van der Waals surface area contributed by atoms with Crippen LogP contribution in [0.15, 0.2) is 18.5 Å². The lowest BCUT2D eigenvalue weighted by Crippen LogP contribution is -1.95. The number of aldehydes is 1. The van der Waals surface area contributed by atoms with Crippen LogP contribution in [0.3, 0.4) is 0 Å². The molecule has 0 aliphatic carbocycles. The second-order valence-electron chi connectivity index (χ2n) is 2.93. The molecule has 0 unspecified atom stereocenters. The zero-order valence-corrected chi connectivity index (χ0v) is 8.51. The van der Waals surface area contributed by atoms with E-state index < -0.39 is 4.92 Å². The molecule has 0 aliphatic heterocycles. The molecule has 6 nitrogen and oxygen atoms in total. The molecule has 0 bridgehead atoms. The highest BCUT2D eigenvalue weighted by Gasteiger charge is 2.18. The van der Waals surface area contributed by atoms with E-state index >= 15 is 0 Å². The Morgan fingerprint density at radius 3 is 2.75 bits per heavy atom. The van der Waals surface area contributed by atoms with Crippen molar-refractivity contribution in [1.29, 1.82) is 0 Å². The third-order valence-electron chi connectivity index (χ3n) is 2.06. The van der Waals surface area contributed by atoms with E-state index in [2.05, 4.69) is 9.97 Å². The summed E-state index contributed by atoms with van der Waals surface area (Å²) in [6.07, 6.45) is 1.69. The topological polar surface area (TPSA) is 86.0 Å². The number of nitro groups is 1. The van der Waals surface area contributed by atoms with Crippen LogP contribution in [0, 0.1) is 10.1 Å². The van der Waals surface area contributed by atoms with Gasteiger partial charge in [0, 0.05) is 6.07 Å². The average Bonchev–Trinajstić information content (AvgIpc) is 2.28. The first-order chi connectivity index (χ1) is 7.65. The summed E-state index contributed by atoms with van der Waals surface area (Å²) in [7, 11) is 0. The molecule has 1 heterocycles. The Hall–Kier alpha value is -2.08. The van der Waals surface area contributed by atoms with Crippen molar-refractivity contribution < 1.29 is 9.72 Å². The summed E-state index contributed by atoms with van der Waals surface area (Å²) in [5.41, 5.74) is 0.165. The highest BCUT2D eigenvalue weighted by Crippen LogP contribution is 2.32. The Morgan fingerprint density at radius 2 is 2.12 bits per heavy atom. The smallest absolute Gasteiger partial charge is 0.288 e. The highest BCUT2D eigenvalue weighted by atomic mass is 35.5. The molecule has 80 valence electrons. The van der Waals surface area contributed by atoms with Crippen molar-refractivity contribution in [3.05, 3.63) is 39.3 Å². The summed E-state index contributed by atoms with van der Waals surface area (Å²) in [5.74, 6) is 0. The number of benzene rings is 1. The lowest BCUT2D eigenvalue weighted by atomic mass is 10.1. The van der Waals surface area contributed by atoms with Crippen LogP contribution in [0.2, 0.25) is 5.02 Å². The molecule has 0 radical (unpaired) electrons. The van der Waals surface area contributed by atoms with Gasteiger partial charge in [-0.2, -0.15) is 0 Å². The maximum atomic E-state index is 10.7. The zero-order valence-electron chi connectivity index (χ0n) is 7.75. The minimum Gasteiger partial charge on any atom is -0.296 e. The Kier molecular flexibility index (Phi) is 2.49. The van der Waals surface area contributed by atoms with Crippen molar-refractivity contribution >= 4 is 34.5 Å². The Morgan fingerprint density at radius 1 is 1.38 bits per heavy atom. The van der Waals surface area contributed by atoms with Crippen molar-refractivity contribution in [2.45, 2.75) is 0 Å². The van der Waals surface area contributed by atoms with E-state index in [-0.39, 0.29) is 21.8 Å². The number of nitrogens with zero attached hydrogens (tertiary/aromatic N) is 3. The van der Waals surface area contributed by atoms with E-state index in [1.165, 1.54) is 18.5 Å². The number of rotatable bonds is 2. The quantitative estimate of drug-likeness (QED) is 0.453. The number of fused-ring (bicyclic) bond motifs is 1. The summed E-state index contributed by atoms with van der Waals surface area (Å²) >= 11 is 5.84. The van der Waals surface area contributed by atoms with Gasteiger partial charge in [0.25, 0.3) is 5.69 Å². The Bertz CT molecular complexity index is 600. The second-order valence-corrected chi connectivity index (χ2v) is 3.30. The monoisotopic (exact) mass is 237 g/mol. The van der Waals surface area contributed by atoms with Gasteiger partial charge < -0.3 is 0 Å². The molecular formula is C9H4ClN3O3. The third-order valence-corrected chi connectivity index (χ3v) is 2.44. The molecule has 2 aromatic rings. The van der Waals surface area contributed by atoms with Gasteiger partial charge in [0.15, 0.2) is 6.29 Å². The molecular weight excluding hydrogens is 234 g/mol. The van der Waals surface area contributed by atoms with Gasteiger partial charge >= 0.3 is 0 Å². The molecule has 7 heteroatoms. The first-order valence-corrected chi connectivity index (χ1v) is 4.55. The summed E-state index contributed by atoms with van der Waals surface area (Å²) in [5, 5.41) is 10.7. The number of nitro benzene ring substituents is 1. The van der Waals surface area contributed by atoms with Crippen molar-refractivity contribution in [3.63, 3.8) is 0 Å². The van der Waals surface area contributed by atoms with Gasteiger partial charge in [-0.25, -0.2) is 9.97 Å². The van der Waals surface area contributed by atoms with Crippen LogP contribution in [0.1, 0.15) is 10.5 Å². The summed E-state index contributed by atoms with van der Waals surface area (Å²) < 4.78 is 0. The fourth-order valence-electron chi connectivity index (χ4n) is 1.35. The number of aromatic nitrogens is 2. The first kappa shape index (κ1) is 10.4. The zero-order chi connectivity index (χ0) is 11.7. The molecule has 2 rings (SSSR count). The number of carbonyl (C=O) groups is 1. The van der Waals surface area contributed by atoms with E-state index in [1.54, 1.807) is 0 Å². The first-order valence-electron chi connectivity index (χ1n) is 4.18. The minimum atomic E-state index is -0.622. The van der Waals surface area contributed by atoms with Crippen molar-refractivity contribution in [1.82, 2.24) is 9.97 Å². The normalized spacial score (nSPS) is 10.3. The lowest BCUT2D eigenvalue weighted by molar-refractivity contribution is -0.384. The van der Waals surface area contributed by atoms with Crippen molar-refractivity contribution in [3.8, 4) is 0 Å². The summed E-state index contributed by atoms with van der Waals surface area (Å²) in [6.45, 7) is 0. The summed E-state index contributed by atoms with van der Waals surface area (Å²) in [4.78, 5) is 28.3. The van der Waals surface area contributed by atoms with E-state index in [4.69, 9.17) is 11.6 Å². The summed E-state index contributed by atoms with van der Waals surface area (Å²) in [6, 6.07) is 2.67. The van der Waals surface area contributed by atoms with Crippen molar-refractivity contribution in [2.24, 2.45) is 0 Å². The molecule has 1 aromatic carbocycles. The van der Waals surface area contributed by atoms with Gasteiger partial charge in [0.05, 0.1) is 15.8 Å². The molecule has 0 atom stereocenters. The average molecular weight is 238 g/mol. The number of hydrogen-bond acceptors (Lipinski definition) is 5. The third kappa shape index (κ3) is 1.49. The molecule has 0 N–H and O–H groups in total. The molecule has 0 fully saturated rings.